The first-order valence-electron chi connectivity index (χ1n) is 9.01. The van der Waals surface area contributed by atoms with E-state index < -0.39 is 0 Å². The quantitative estimate of drug-likeness (QED) is 0.216. The molecule has 0 nitrogen and oxygen atoms in total. The van der Waals surface area contributed by atoms with E-state index in [2.05, 4.69) is 38.2 Å². The van der Waals surface area contributed by atoms with Crippen LogP contribution in [0.15, 0.2) is 24.3 Å². The van der Waals surface area contributed by atoms with E-state index in [0.29, 0.717) is 0 Å². The predicted octanol–water partition coefficient (Wildman–Crippen LogP) is 7.41. The van der Waals surface area contributed by atoms with Crippen molar-refractivity contribution in [3.05, 3.63) is 31.2 Å². The molecule has 0 aliphatic carbocycles. The van der Waals surface area contributed by atoms with Gasteiger partial charge in [0.05, 0.1) is 0 Å². The van der Waals surface area contributed by atoms with Crippen molar-refractivity contribution >= 4 is 0 Å². The maximum Gasteiger partial charge on any atom is -0.0169 e. The highest BCUT2D eigenvalue weighted by molar-refractivity contribution is 4.92. The zero-order valence-electron chi connectivity index (χ0n) is 13.9. The smallest absolute Gasteiger partial charge is 0.0169 e. The van der Waals surface area contributed by atoms with Crippen LogP contribution in [-0.4, -0.2) is 0 Å². The third-order valence-corrected chi connectivity index (χ3v) is 3.70. The van der Waals surface area contributed by atoms with Gasteiger partial charge >= 0.3 is 0 Å². The van der Waals surface area contributed by atoms with Gasteiger partial charge in [-0.05, 0) is 32.1 Å². The number of hydrogen-bond donors (Lipinski definition) is 0. The van der Waals surface area contributed by atoms with Crippen LogP contribution in [0, 0.1) is 6.92 Å². The van der Waals surface area contributed by atoms with Gasteiger partial charge in [-0.1, -0.05) is 95.9 Å². The lowest BCUT2D eigenvalue weighted by atomic mass is 10.1. The van der Waals surface area contributed by atoms with E-state index >= 15 is 0 Å². The van der Waals surface area contributed by atoms with E-state index in [4.69, 9.17) is 0 Å². The van der Waals surface area contributed by atoms with Crippen molar-refractivity contribution in [2.75, 3.05) is 0 Å². The summed E-state index contributed by atoms with van der Waals surface area (Å²) < 4.78 is 0. The lowest BCUT2D eigenvalue weighted by molar-refractivity contribution is 0.577. The fraction of sp³-hybridized carbons (Fsp3) is 0.750. The Morgan fingerprint density at radius 2 is 1.10 bits per heavy atom. The van der Waals surface area contributed by atoms with Gasteiger partial charge in [0.25, 0.3) is 0 Å². The van der Waals surface area contributed by atoms with Crippen LogP contribution in [0.5, 0.6) is 0 Å². The van der Waals surface area contributed by atoms with Crippen LogP contribution in [0.1, 0.15) is 96.8 Å². The summed E-state index contributed by atoms with van der Waals surface area (Å²) in [5.41, 5.74) is 0. The monoisotopic (exact) mass is 277 g/mol. The molecule has 0 saturated carbocycles. The number of allylic oxidation sites excluding steroid dienone is 4. The molecule has 0 rings (SSSR count). The first-order chi connectivity index (χ1) is 9.91. The summed E-state index contributed by atoms with van der Waals surface area (Å²) in [6.45, 7) is 6.14. The third-order valence-electron chi connectivity index (χ3n) is 3.70. The Hall–Kier alpha value is -0.520. The van der Waals surface area contributed by atoms with E-state index in [1.54, 1.807) is 0 Å². The molecule has 0 bridgehead atoms. The van der Waals surface area contributed by atoms with E-state index in [9.17, 15) is 0 Å². The van der Waals surface area contributed by atoms with E-state index in [0.717, 1.165) is 12.8 Å². The molecule has 0 atom stereocenters. The molecular formula is C20H37. The van der Waals surface area contributed by atoms with Crippen LogP contribution in [0.4, 0.5) is 0 Å². The molecule has 117 valence electrons. The lowest BCUT2D eigenvalue weighted by Gasteiger charge is -1.99. The minimum Gasteiger partial charge on any atom is -0.0882 e. The average Bonchev–Trinajstić information content (AvgIpc) is 2.47. The first-order valence-corrected chi connectivity index (χ1v) is 9.01. The van der Waals surface area contributed by atoms with Crippen LogP contribution in [0.3, 0.4) is 0 Å². The molecule has 0 saturated heterocycles. The summed E-state index contributed by atoms with van der Waals surface area (Å²) in [4.78, 5) is 0. The van der Waals surface area contributed by atoms with Crippen molar-refractivity contribution in [3.63, 3.8) is 0 Å². The number of unbranched alkanes of at least 4 members (excludes halogenated alkanes) is 11. The molecule has 0 fully saturated rings. The van der Waals surface area contributed by atoms with Crippen LogP contribution < -0.4 is 0 Å². The Morgan fingerprint density at radius 1 is 0.600 bits per heavy atom. The molecule has 0 aromatic carbocycles. The largest absolute Gasteiger partial charge is 0.0882 e. The standard InChI is InChI=1S/C20H37/c1-3-5-7-9-11-13-15-17-19-20-18-16-14-12-10-8-6-4-2/h11,13,17,19H,1,3-10,12,14-16,18,20H2,2H3/b13-11+,19-17+. The van der Waals surface area contributed by atoms with Crippen molar-refractivity contribution in [2.24, 2.45) is 0 Å². The topological polar surface area (TPSA) is 0 Å². The highest BCUT2D eigenvalue weighted by Crippen LogP contribution is 2.09. The van der Waals surface area contributed by atoms with Crippen molar-refractivity contribution in [2.45, 2.75) is 96.8 Å². The Labute approximate surface area is 128 Å². The van der Waals surface area contributed by atoms with Gasteiger partial charge in [-0.15, -0.1) is 0 Å². The minimum atomic E-state index is 1.08. The molecule has 0 N–H and O–H groups in total. The average molecular weight is 278 g/mol. The molecular weight excluding hydrogens is 240 g/mol. The van der Waals surface area contributed by atoms with Crippen molar-refractivity contribution in [3.8, 4) is 0 Å². The molecule has 0 heteroatoms. The van der Waals surface area contributed by atoms with Crippen LogP contribution in [0.2, 0.25) is 0 Å². The molecule has 0 aromatic rings. The fourth-order valence-electron chi connectivity index (χ4n) is 2.34. The summed E-state index contributed by atoms with van der Waals surface area (Å²) in [6.07, 6.45) is 27.9. The SMILES string of the molecule is [CH2]CCCC/C=C/C/C=C/CCCCCCCCCC. The van der Waals surface area contributed by atoms with Gasteiger partial charge in [-0.3, -0.25) is 0 Å². The first kappa shape index (κ1) is 19.5. The van der Waals surface area contributed by atoms with Crippen LogP contribution >= 0.6 is 0 Å². The van der Waals surface area contributed by atoms with E-state index in [-0.39, 0.29) is 0 Å². The molecule has 0 heterocycles. The highest BCUT2D eigenvalue weighted by Gasteiger charge is 1.90. The second kappa shape index (κ2) is 18.5. The molecule has 0 aliphatic heterocycles. The third kappa shape index (κ3) is 17.5. The molecule has 0 amide bonds. The van der Waals surface area contributed by atoms with E-state index in [1.165, 1.54) is 77.0 Å². The Balaban J connectivity index is 3.12. The summed E-state index contributed by atoms with van der Waals surface area (Å²) >= 11 is 0. The van der Waals surface area contributed by atoms with Gasteiger partial charge in [0.15, 0.2) is 0 Å². The Bertz CT molecular complexity index is 212. The molecule has 0 unspecified atom stereocenters. The maximum absolute atomic E-state index is 3.86. The normalized spacial score (nSPS) is 11.9. The van der Waals surface area contributed by atoms with Gasteiger partial charge in [0, 0.05) is 0 Å². The van der Waals surface area contributed by atoms with Gasteiger partial charge in [-0.25, -0.2) is 0 Å². The molecule has 0 spiro atoms. The second-order valence-electron chi connectivity index (χ2n) is 5.79. The molecule has 1 radical (unpaired) electrons. The Kier molecular flexibility index (Phi) is 18.0. The van der Waals surface area contributed by atoms with Gasteiger partial charge in [0.2, 0.25) is 0 Å². The summed E-state index contributed by atoms with van der Waals surface area (Å²) in [5, 5.41) is 0. The highest BCUT2D eigenvalue weighted by atomic mass is 14.0. The van der Waals surface area contributed by atoms with Crippen molar-refractivity contribution in [1.29, 1.82) is 0 Å². The van der Waals surface area contributed by atoms with Gasteiger partial charge < -0.3 is 0 Å². The summed E-state index contributed by atoms with van der Waals surface area (Å²) in [7, 11) is 0. The zero-order valence-corrected chi connectivity index (χ0v) is 13.9. The molecule has 0 aromatic heterocycles. The maximum atomic E-state index is 3.86. The summed E-state index contributed by atoms with van der Waals surface area (Å²) in [5.74, 6) is 0. The van der Waals surface area contributed by atoms with Crippen LogP contribution in [-0.2, 0) is 0 Å². The number of hydrogen-bond acceptors (Lipinski definition) is 0. The second-order valence-corrected chi connectivity index (χ2v) is 5.79. The van der Waals surface area contributed by atoms with Crippen molar-refractivity contribution in [1.82, 2.24) is 0 Å². The predicted molar refractivity (Wildman–Crippen MR) is 93.9 cm³/mol. The molecule has 20 heavy (non-hydrogen) atoms. The number of rotatable bonds is 15. The Morgan fingerprint density at radius 3 is 1.65 bits per heavy atom. The van der Waals surface area contributed by atoms with Gasteiger partial charge in [0.1, 0.15) is 0 Å². The minimum absolute atomic E-state index is 1.08. The summed E-state index contributed by atoms with van der Waals surface area (Å²) in [6, 6.07) is 0. The van der Waals surface area contributed by atoms with Crippen LogP contribution in [0.25, 0.3) is 0 Å². The zero-order chi connectivity index (χ0) is 14.7. The lowest BCUT2D eigenvalue weighted by Crippen LogP contribution is -1.79. The molecule has 0 aliphatic rings. The van der Waals surface area contributed by atoms with E-state index in [1.807, 2.05) is 0 Å². The van der Waals surface area contributed by atoms with Crippen molar-refractivity contribution < 1.29 is 0 Å². The van der Waals surface area contributed by atoms with Gasteiger partial charge in [-0.2, -0.15) is 0 Å². The fourth-order valence-corrected chi connectivity index (χ4v) is 2.34.